The van der Waals surface area contributed by atoms with Gasteiger partial charge in [0.1, 0.15) is 11.3 Å². The molecule has 0 saturated heterocycles. The number of amides is 1. The van der Waals surface area contributed by atoms with Crippen LogP contribution in [0.1, 0.15) is 57.6 Å². The number of anilines is 1. The predicted octanol–water partition coefficient (Wildman–Crippen LogP) is 5.43. The summed E-state index contributed by atoms with van der Waals surface area (Å²) in [5.74, 6) is -0.315. The normalized spacial score (nSPS) is 18.3. The molecule has 0 bridgehead atoms. The first-order chi connectivity index (χ1) is 16.3. The van der Waals surface area contributed by atoms with Gasteiger partial charge in [0.25, 0.3) is 0 Å². The summed E-state index contributed by atoms with van der Waals surface area (Å²) in [6.07, 6.45) is 6.94. The Labute approximate surface area is 198 Å². The van der Waals surface area contributed by atoms with E-state index in [1.807, 2.05) is 31.4 Å². The third-order valence-electron chi connectivity index (χ3n) is 6.69. The van der Waals surface area contributed by atoms with Crippen molar-refractivity contribution in [3.05, 3.63) is 42.1 Å². The van der Waals surface area contributed by atoms with E-state index >= 15 is 0 Å². The molecule has 1 aromatic carbocycles. The molecule has 0 unspecified atom stereocenters. The Kier molecular flexibility index (Phi) is 6.95. The number of hydrogen-bond donors (Lipinski definition) is 1. The molecule has 1 saturated carbocycles. The second-order valence-corrected chi connectivity index (χ2v) is 9.45. The van der Waals surface area contributed by atoms with Crippen LogP contribution in [0.5, 0.6) is 0 Å². The number of carbonyl (C=O) groups is 2. The van der Waals surface area contributed by atoms with Crippen molar-refractivity contribution < 1.29 is 18.7 Å². The summed E-state index contributed by atoms with van der Waals surface area (Å²) in [7, 11) is 1.39. The van der Waals surface area contributed by atoms with Crippen LogP contribution in [0.3, 0.4) is 0 Å². The topological polar surface area (TPSA) is 86.1 Å². The number of nitrogens with zero attached hydrogens (tertiary/aromatic N) is 3. The number of fused-ring (bicyclic) bond motifs is 1. The van der Waals surface area contributed by atoms with Gasteiger partial charge in [0.2, 0.25) is 5.91 Å². The molecule has 1 N–H and O–H groups in total. The van der Waals surface area contributed by atoms with Crippen LogP contribution in [0.4, 0.5) is 10.2 Å². The van der Waals surface area contributed by atoms with Crippen molar-refractivity contribution in [2.75, 3.05) is 12.4 Å². The monoisotopic (exact) mass is 466 g/mol. The maximum atomic E-state index is 14.9. The predicted molar refractivity (Wildman–Crippen MR) is 129 cm³/mol. The van der Waals surface area contributed by atoms with E-state index in [1.165, 1.54) is 13.2 Å². The van der Waals surface area contributed by atoms with Gasteiger partial charge in [0.15, 0.2) is 5.82 Å². The van der Waals surface area contributed by atoms with Gasteiger partial charge in [-0.05, 0) is 80.8 Å². The van der Waals surface area contributed by atoms with Crippen LogP contribution in [0.15, 0.2) is 30.7 Å². The number of aryl methyl sites for hydroxylation is 1. The molecule has 2 heterocycles. The Balaban J connectivity index is 1.56. The summed E-state index contributed by atoms with van der Waals surface area (Å²) in [4.78, 5) is 33.2. The average molecular weight is 467 g/mol. The van der Waals surface area contributed by atoms with E-state index in [4.69, 9.17) is 4.74 Å². The highest BCUT2D eigenvalue weighted by atomic mass is 19.1. The lowest BCUT2D eigenvalue weighted by Crippen LogP contribution is -2.29. The lowest BCUT2D eigenvalue weighted by Gasteiger charge is -2.27. The van der Waals surface area contributed by atoms with Gasteiger partial charge in [0.05, 0.1) is 19.0 Å². The number of nitrogens with one attached hydrogen (secondary N) is 1. The number of hydrogen-bond acceptors (Lipinski definition) is 5. The summed E-state index contributed by atoms with van der Waals surface area (Å²) >= 11 is 0. The van der Waals surface area contributed by atoms with Crippen molar-refractivity contribution in [1.82, 2.24) is 14.5 Å². The van der Waals surface area contributed by atoms with E-state index in [1.54, 1.807) is 18.6 Å². The molecule has 4 rings (SSSR count). The molecule has 1 aliphatic rings. The first-order valence-corrected chi connectivity index (χ1v) is 11.8. The molecule has 1 fully saturated rings. The molecule has 1 amide bonds. The molecule has 2 aromatic heterocycles. The van der Waals surface area contributed by atoms with Gasteiger partial charge in [-0.1, -0.05) is 6.42 Å². The Morgan fingerprint density at radius 1 is 1.24 bits per heavy atom. The van der Waals surface area contributed by atoms with Crippen LogP contribution in [0, 0.1) is 24.6 Å². The summed E-state index contributed by atoms with van der Waals surface area (Å²) < 4.78 is 21.6. The Hall–Kier alpha value is -3.29. The van der Waals surface area contributed by atoms with E-state index in [9.17, 15) is 14.0 Å². The van der Waals surface area contributed by atoms with Gasteiger partial charge in [-0.3, -0.25) is 9.59 Å². The number of benzene rings is 1. The third kappa shape index (κ3) is 4.95. The van der Waals surface area contributed by atoms with Crippen LogP contribution in [-0.2, 0) is 14.3 Å². The van der Waals surface area contributed by atoms with Gasteiger partial charge in [-0.25, -0.2) is 14.4 Å². The molecular formula is C26H31FN4O3. The van der Waals surface area contributed by atoms with E-state index in [0.29, 0.717) is 29.7 Å². The Morgan fingerprint density at radius 3 is 2.76 bits per heavy atom. The second kappa shape index (κ2) is 9.91. The molecule has 0 spiro atoms. The smallest absolute Gasteiger partial charge is 0.305 e. The number of carbonyl (C=O) groups excluding carboxylic acids is 2. The van der Waals surface area contributed by atoms with Crippen LogP contribution in [-0.4, -0.2) is 33.5 Å². The van der Waals surface area contributed by atoms with Gasteiger partial charge in [-0.2, -0.15) is 0 Å². The van der Waals surface area contributed by atoms with Gasteiger partial charge >= 0.3 is 5.97 Å². The molecule has 2 atom stereocenters. The first-order valence-electron chi connectivity index (χ1n) is 11.8. The highest BCUT2D eigenvalue weighted by Crippen LogP contribution is 2.33. The lowest BCUT2D eigenvalue weighted by molar-refractivity contribution is -0.142. The third-order valence-corrected chi connectivity index (χ3v) is 6.69. The van der Waals surface area contributed by atoms with Crippen LogP contribution in [0.25, 0.3) is 22.2 Å². The summed E-state index contributed by atoms with van der Waals surface area (Å²) in [6.45, 7) is 5.96. The number of rotatable bonds is 6. The maximum Gasteiger partial charge on any atom is 0.305 e. The number of ether oxygens (including phenoxy) is 1. The minimum Gasteiger partial charge on any atom is -0.469 e. The average Bonchev–Trinajstić information content (AvgIpc) is 3.25. The fourth-order valence-corrected chi connectivity index (χ4v) is 4.82. The fourth-order valence-electron chi connectivity index (χ4n) is 4.82. The minimum absolute atomic E-state index is 0.101. The lowest BCUT2D eigenvalue weighted by atomic mass is 9.79. The van der Waals surface area contributed by atoms with E-state index in [-0.39, 0.29) is 35.6 Å². The number of halogens is 1. The van der Waals surface area contributed by atoms with Crippen molar-refractivity contribution in [2.24, 2.45) is 11.8 Å². The first kappa shape index (κ1) is 23.9. The second-order valence-electron chi connectivity index (χ2n) is 9.45. The maximum absolute atomic E-state index is 14.9. The molecule has 7 nitrogen and oxygen atoms in total. The molecule has 8 heteroatoms. The highest BCUT2D eigenvalue weighted by molar-refractivity contribution is 5.93. The summed E-state index contributed by atoms with van der Waals surface area (Å²) in [5.41, 5.74) is 3.46. The van der Waals surface area contributed by atoms with Crippen molar-refractivity contribution >= 4 is 28.7 Å². The van der Waals surface area contributed by atoms with Crippen LogP contribution >= 0.6 is 0 Å². The van der Waals surface area contributed by atoms with E-state index in [0.717, 1.165) is 35.9 Å². The number of imidazole rings is 1. The van der Waals surface area contributed by atoms with Gasteiger partial charge in [-0.15, -0.1) is 0 Å². The molecule has 3 aromatic rings. The minimum atomic E-state index is -0.382. The molecule has 0 radical (unpaired) electrons. The fraction of sp³-hybridized carbons (Fsp3) is 0.462. The van der Waals surface area contributed by atoms with E-state index in [2.05, 4.69) is 15.3 Å². The largest absolute Gasteiger partial charge is 0.469 e. The zero-order chi connectivity index (χ0) is 24.4. The standard InChI is InChI=1S/C26H31FN4O3/c1-15(2)31-14-29-25-21(27)10-19(11-22(25)31)20-12-23(28-13-16(20)3)30-26(33)18-7-5-6-17(8-18)9-24(32)34-4/h10-15,17-18H,5-9H2,1-4H3,(H,28,30,33)/t17-,18+/m1/s1. The summed E-state index contributed by atoms with van der Waals surface area (Å²) in [6, 6.07) is 5.34. The quantitative estimate of drug-likeness (QED) is 0.489. The molecule has 180 valence electrons. The van der Waals surface area contributed by atoms with Crippen molar-refractivity contribution in [3.8, 4) is 11.1 Å². The summed E-state index contributed by atoms with van der Waals surface area (Å²) in [5, 5.41) is 2.94. The zero-order valence-corrected chi connectivity index (χ0v) is 20.1. The van der Waals surface area contributed by atoms with Gasteiger partial charge < -0.3 is 14.6 Å². The van der Waals surface area contributed by atoms with E-state index < -0.39 is 0 Å². The van der Waals surface area contributed by atoms with Crippen molar-refractivity contribution in [3.63, 3.8) is 0 Å². The number of esters is 1. The number of pyridine rings is 1. The van der Waals surface area contributed by atoms with Crippen molar-refractivity contribution in [1.29, 1.82) is 0 Å². The number of aromatic nitrogens is 3. The zero-order valence-electron chi connectivity index (χ0n) is 20.1. The van der Waals surface area contributed by atoms with Crippen molar-refractivity contribution in [2.45, 2.75) is 58.9 Å². The van der Waals surface area contributed by atoms with Gasteiger partial charge in [0, 0.05) is 24.6 Å². The van der Waals surface area contributed by atoms with Crippen LogP contribution in [0.2, 0.25) is 0 Å². The molecule has 1 aliphatic carbocycles. The highest BCUT2D eigenvalue weighted by Gasteiger charge is 2.29. The molecular weight excluding hydrogens is 435 g/mol. The Morgan fingerprint density at radius 2 is 2.03 bits per heavy atom. The number of methoxy groups -OCH3 is 1. The molecule has 0 aliphatic heterocycles. The van der Waals surface area contributed by atoms with Crippen LogP contribution < -0.4 is 5.32 Å². The molecule has 34 heavy (non-hydrogen) atoms. The SMILES string of the molecule is COC(=O)C[C@@H]1CCC[C@H](C(=O)Nc2cc(-c3cc(F)c4ncn(C(C)C)c4c3)c(C)cn2)C1. The Bertz CT molecular complexity index is 1220.